The van der Waals surface area contributed by atoms with Crippen molar-refractivity contribution in [3.05, 3.63) is 0 Å². The van der Waals surface area contributed by atoms with Crippen LogP contribution in [0.25, 0.3) is 0 Å². The highest BCUT2D eigenvalue weighted by atomic mass is 16.7. The molecule has 13 heteroatoms. The highest BCUT2D eigenvalue weighted by Gasteiger charge is 2.52. The Morgan fingerprint density at radius 3 is 1.42 bits per heavy atom. The molecule has 182 valence electrons. The number of aliphatic hydroxyl groups excluding tert-OH is 8. The first-order chi connectivity index (χ1) is 14.4. The van der Waals surface area contributed by atoms with Crippen molar-refractivity contribution in [2.75, 3.05) is 0 Å². The maximum Gasteiger partial charge on any atom is 0.187 e. The summed E-state index contributed by atoms with van der Waals surface area (Å²) in [5, 5.41) is 81.2. The molecule has 3 fully saturated rings. The lowest BCUT2D eigenvalue weighted by molar-refractivity contribution is -0.373. The van der Waals surface area contributed by atoms with Crippen molar-refractivity contribution >= 4 is 0 Å². The average Bonchev–Trinajstić information content (AvgIpc) is 2.72. The van der Waals surface area contributed by atoms with E-state index in [2.05, 4.69) is 0 Å². The Morgan fingerprint density at radius 1 is 0.452 bits per heavy atom. The molecule has 0 bridgehead atoms. The Bertz CT molecular complexity index is 581. The average molecular weight is 456 g/mol. The van der Waals surface area contributed by atoms with Crippen LogP contribution in [0.15, 0.2) is 0 Å². The summed E-state index contributed by atoms with van der Waals surface area (Å²) < 4.78 is 26.9. The summed E-state index contributed by atoms with van der Waals surface area (Å²) in [5.41, 5.74) is 0. The summed E-state index contributed by atoms with van der Waals surface area (Å²) in [6, 6.07) is 0. The van der Waals surface area contributed by atoms with E-state index in [0.29, 0.717) is 0 Å². The molecule has 15 atom stereocenters. The molecule has 0 unspecified atom stereocenters. The van der Waals surface area contributed by atoms with E-state index < -0.39 is 92.1 Å². The molecule has 3 aliphatic rings. The van der Waals surface area contributed by atoms with Crippen molar-refractivity contribution in [2.45, 2.75) is 113 Å². The lowest BCUT2D eigenvalue weighted by Gasteiger charge is -2.47. The van der Waals surface area contributed by atoms with Gasteiger partial charge in [0.05, 0.1) is 18.3 Å². The van der Waals surface area contributed by atoms with Gasteiger partial charge >= 0.3 is 0 Å². The lowest BCUT2D eigenvalue weighted by atomic mass is 9.96. The quantitative estimate of drug-likeness (QED) is 0.201. The highest BCUT2D eigenvalue weighted by Crippen LogP contribution is 2.32. The van der Waals surface area contributed by atoms with Crippen LogP contribution in [0, 0.1) is 0 Å². The van der Waals surface area contributed by atoms with Crippen molar-refractivity contribution in [1.82, 2.24) is 0 Å². The van der Waals surface area contributed by atoms with E-state index in [4.69, 9.17) is 23.7 Å². The molecular formula is C18H32O13. The second-order valence-electron chi connectivity index (χ2n) is 8.29. The van der Waals surface area contributed by atoms with Gasteiger partial charge in [-0.05, 0) is 20.8 Å². The molecule has 0 aromatic heterocycles. The van der Waals surface area contributed by atoms with Gasteiger partial charge in [-0.25, -0.2) is 0 Å². The van der Waals surface area contributed by atoms with Gasteiger partial charge in [0.25, 0.3) is 0 Å². The Balaban J connectivity index is 1.73. The van der Waals surface area contributed by atoms with E-state index in [1.165, 1.54) is 20.8 Å². The van der Waals surface area contributed by atoms with E-state index in [1.54, 1.807) is 0 Å². The molecular weight excluding hydrogens is 424 g/mol. The van der Waals surface area contributed by atoms with E-state index in [0.717, 1.165) is 0 Å². The molecule has 3 aliphatic heterocycles. The first-order valence-corrected chi connectivity index (χ1v) is 10.2. The van der Waals surface area contributed by atoms with E-state index in [1.807, 2.05) is 0 Å². The van der Waals surface area contributed by atoms with Gasteiger partial charge in [0.1, 0.15) is 54.9 Å². The van der Waals surface area contributed by atoms with Gasteiger partial charge in [0, 0.05) is 0 Å². The van der Waals surface area contributed by atoms with Gasteiger partial charge in [-0.1, -0.05) is 0 Å². The number of ether oxygens (including phenoxy) is 5. The lowest BCUT2D eigenvalue weighted by Crippen LogP contribution is -2.65. The van der Waals surface area contributed by atoms with Crippen molar-refractivity contribution in [3.63, 3.8) is 0 Å². The third-order valence-electron chi connectivity index (χ3n) is 5.97. The van der Waals surface area contributed by atoms with Gasteiger partial charge in [-0.2, -0.15) is 0 Å². The minimum Gasteiger partial charge on any atom is -0.388 e. The molecule has 0 aliphatic carbocycles. The van der Waals surface area contributed by atoms with Crippen molar-refractivity contribution in [2.24, 2.45) is 0 Å². The van der Waals surface area contributed by atoms with Crippen LogP contribution in [0.1, 0.15) is 20.8 Å². The van der Waals surface area contributed by atoms with Crippen LogP contribution in [-0.4, -0.2) is 133 Å². The second kappa shape index (κ2) is 9.77. The number of rotatable bonds is 4. The van der Waals surface area contributed by atoms with Crippen molar-refractivity contribution < 1.29 is 64.5 Å². The standard InChI is InChI=1S/C18H32O13/c1-4-7(19)10(22)11(23)17(28-4)31-15-9(21)6(3)29-18(13(15)25)30-14-8(20)5(2)27-16(26)12(14)24/h4-26H,1-3H3/t4-,5-,6-,7+,8+,9+,10+,11-,12-,13-,14+,15+,16+,17-,18-/m0/s1. The Kier molecular flexibility index (Phi) is 7.91. The molecule has 0 radical (unpaired) electrons. The summed E-state index contributed by atoms with van der Waals surface area (Å²) in [6.07, 6.45) is -20.9. The number of hydrogen-bond donors (Lipinski definition) is 8. The van der Waals surface area contributed by atoms with Gasteiger partial charge in [0.15, 0.2) is 18.9 Å². The highest BCUT2D eigenvalue weighted by molar-refractivity contribution is 4.94. The van der Waals surface area contributed by atoms with Crippen LogP contribution in [0.3, 0.4) is 0 Å². The fraction of sp³-hybridized carbons (Fsp3) is 1.00. The Morgan fingerprint density at radius 2 is 0.871 bits per heavy atom. The third kappa shape index (κ3) is 4.89. The zero-order valence-electron chi connectivity index (χ0n) is 17.3. The molecule has 31 heavy (non-hydrogen) atoms. The molecule has 8 N–H and O–H groups in total. The first-order valence-electron chi connectivity index (χ1n) is 10.2. The van der Waals surface area contributed by atoms with Crippen LogP contribution < -0.4 is 0 Å². The molecule has 3 saturated heterocycles. The molecule has 0 aromatic carbocycles. The number of hydrogen-bond acceptors (Lipinski definition) is 13. The molecule has 0 aromatic rings. The van der Waals surface area contributed by atoms with Gasteiger partial charge in [0.2, 0.25) is 0 Å². The summed E-state index contributed by atoms with van der Waals surface area (Å²) in [5.74, 6) is 0. The Hall–Kier alpha value is -0.520. The van der Waals surface area contributed by atoms with Gasteiger partial charge < -0.3 is 64.5 Å². The van der Waals surface area contributed by atoms with Crippen LogP contribution in [-0.2, 0) is 23.7 Å². The van der Waals surface area contributed by atoms with Crippen LogP contribution >= 0.6 is 0 Å². The van der Waals surface area contributed by atoms with Crippen LogP contribution in [0.2, 0.25) is 0 Å². The Labute approximate surface area is 178 Å². The maximum atomic E-state index is 10.7. The fourth-order valence-electron chi connectivity index (χ4n) is 3.88. The van der Waals surface area contributed by atoms with E-state index in [-0.39, 0.29) is 0 Å². The molecule has 0 saturated carbocycles. The predicted molar refractivity (Wildman–Crippen MR) is 97.0 cm³/mol. The monoisotopic (exact) mass is 456 g/mol. The molecule has 0 spiro atoms. The topological polar surface area (TPSA) is 208 Å². The zero-order chi connectivity index (χ0) is 23.2. The smallest absolute Gasteiger partial charge is 0.187 e. The zero-order valence-corrected chi connectivity index (χ0v) is 17.3. The maximum absolute atomic E-state index is 10.7. The summed E-state index contributed by atoms with van der Waals surface area (Å²) in [7, 11) is 0. The minimum atomic E-state index is -1.68. The van der Waals surface area contributed by atoms with E-state index >= 15 is 0 Å². The summed E-state index contributed by atoms with van der Waals surface area (Å²) >= 11 is 0. The fourth-order valence-corrected chi connectivity index (χ4v) is 3.88. The van der Waals surface area contributed by atoms with Gasteiger partial charge in [-0.15, -0.1) is 0 Å². The largest absolute Gasteiger partial charge is 0.388 e. The normalized spacial score (nSPS) is 56.4. The first kappa shape index (κ1) is 25.1. The van der Waals surface area contributed by atoms with Crippen LogP contribution in [0.5, 0.6) is 0 Å². The summed E-state index contributed by atoms with van der Waals surface area (Å²) in [6.45, 7) is 4.36. The predicted octanol–water partition coefficient (Wildman–Crippen LogP) is -4.49. The molecule has 3 heterocycles. The van der Waals surface area contributed by atoms with Crippen LogP contribution in [0.4, 0.5) is 0 Å². The molecule has 13 nitrogen and oxygen atoms in total. The van der Waals surface area contributed by atoms with Gasteiger partial charge in [-0.3, -0.25) is 0 Å². The SMILES string of the molecule is C[C@@H]1O[C@@H](O[C@H]2[C@H](O)[C@H](O[C@@H]3[C@H](O)[C@H](C)O[C@@H](O)[C@H]3O)O[C@@H](C)[C@H]2O)[C@@H](O)[C@H](O)[C@@H]1O. The number of aliphatic hydroxyl groups is 8. The minimum absolute atomic E-state index is 0.889. The molecule has 0 amide bonds. The third-order valence-corrected chi connectivity index (χ3v) is 5.97. The second-order valence-corrected chi connectivity index (χ2v) is 8.29. The molecule has 3 rings (SSSR count). The summed E-state index contributed by atoms with van der Waals surface area (Å²) in [4.78, 5) is 0. The van der Waals surface area contributed by atoms with Crippen molar-refractivity contribution in [1.29, 1.82) is 0 Å². The van der Waals surface area contributed by atoms with Crippen molar-refractivity contribution in [3.8, 4) is 0 Å². The van der Waals surface area contributed by atoms with E-state index in [9.17, 15) is 40.9 Å².